The van der Waals surface area contributed by atoms with E-state index in [-0.39, 0.29) is 11.7 Å². The number of nitrogens with two attached hydrogens (primary N) is 1. The van der Waals surface area contributed by atoms with Gasteiger partial charge in [-0.2, -0.15) is 9.97 Å². The molecule has 2 unspecified atom stereocenters. The van der Waals surface area contributed by atoms with Crippen LogP contribution in [0.4, 0.5) is 5.95 Å². The maximum Gasteiger partial charge on any atom is 0.357 e. The molecule has 0 saturated carbocycles. The summed E-state index contributed by atoms with van der Waals surface area (Å²) in [6.07, 6.45) is -1.56. The van der Waals surface area contributed by atoms with Crippen LogP contribution in [0.15, 0.2) is 17.2 Å². The van der Waals surface area contributed by atoms with Gasteiger partial charge in [-0.25, -0.2) is 9.20 Å². The predicted molar refractivity (Wildman–Crippen MR) is 64.7 cm³/mol. The van der Waals surface area contributed by atoms with Gasteiger partial charge in [0.2, 0.25) is 11.7 Å². The molecule has 5 N–H and O–H groups in total. The van der Waals surface area contributed by atoms with Crippen LogP contribution in [-0.2, 0) is 4.74 Å². The van der Waals surface area contributed by atoms with Crippen LogP contribution in [0.5, 0.6) is 0 Å². The van der Waals surface area contributed by atoms with Crippen LogP contribution >= 0.6 is 0 Å². The van der Waals surface area contributed by atoms with E-state index in [4.69, 9.17) is 15.6 Å². The molecule has 0 aromatic carbocycles. The predicted octanol–water partition coefficient (Wildman–Crippen LogP) is -2.92. The fraction of sp³-hybridized carbons (Fsp3) is 0.500. The van der Waals surface area contributed by atoms with E-state index >= 15 is 0 Å². The molecule has 2 aromatic rings. The zero-order valence-electron chi connectivity index (χ0n) is 10.2. The molecule has 0 bridgehead atoms. The molecule has 1 saturated heterocycles. The van der Waals surface area contributed by atoms with Crippen molar-refractivity contribution in [2.45, 2.75) is 24.5 Å². The third-order valence-electron chi connectivity index (χ3n) is 3.24. The number of anilines is 1. The van der Waals surface area contributed by atoms with E-state index in [1.165, 1.54) is 17.0 Å². The third-order valence-corrected chi connectivity index (χ3v) is 3.24. The van der Waals surface area contributed by atoms with Gasteiger partial charge < -0.3 is 25.8 Å². The number of imidazole rings is 1. The summed E-state index contributed by atoms with van der Waals surface area (Å²) < 4.78 is 7.84. The molecule has 1 aliphatic heterocycles. The van der Waals surface area contributed by atoms with Gasteiger partial charge >= 0.3 is 5.69 Å². The summed E-state index contributed by atoms with van der Waals surface area (Å²) in [5.41, 5.74) is 4.81. The van der Waals surface area contributed by atoms with E-state index in [9.17, 15) is 15.0 Å². The van der Waals surface area contributed by atoms with Gasteiger partial charge in [-0.3, -0.25) is 4.57 Å². The van der Waals surface area contributed by atoms with E-state index in [1.54, 1.807) is 0 Å². The summed E-state index contributed by atoms with van der Waals surface area (Å²) in [5, 5.41) is 28.8. The highest BCUT2D eigenvalue weighted by Crippen LogP contribution is 2.30. The van der Waals surface area contributed by atoms with Crippen molar-refractivity contribution in [3.63, 3.8) is 0 Å². The molecule has 3 heterocycles. The Hall–Kier alpha value is -2.01. The second-order valence-corrected chi connectivity index (χ2v) is 4.47. The fourth-order valence-electron chi connectivity index (χ4n) is 2.24. The lowest BCUT2D eigenvalue weighted by Crippen LogP contribution is -2.33. The number of nitrogens with zero attached hydrogens (tertiary/aromatic N) is 4. The number of aromatic nitrogens is 4. The molecule has 0 radical (unpaired) electrons. The molecule has 1 fully saturated rings. The lowest BCUT2D eigenvalue weighted by Gasteiger charge is -2.16. The molecular weight excluding hydrogens is 270 g/mol. The molecule has 10 nitrogen and oxygen atoms in total. The van der Waals surface area contributed by atoms with Gasteiger partial charge in [0.25, 0.3) is 0 Å². The van der Waals surface area contributed by atoms with Gasteiger partial charge in [0, 0.05) is 12.4 Å². The van der Waals surface area contributed by atoms with Crippen LogP contribution in [0, 0.1) is 0 Å². The van der Waals surface area contributed by atoms with Crippen molar-refractivity contribution in [3.8, 4) is 0 Å². The lowest BCUT2D eigenvalue weighted by atomic mass is 10.1. The number of hydrogen-bond donors (Lipinski definition) is 4. The highest BCUT2D eigenvalue weighted by molar-refractivity contribution is 5.35. The summed E-state index contributed by atoms with van der Waals surface area (Å²) in [7, 11) is 0. The van der Waals surface area contributed by atoms with Gasteiger partial charge in [-0.1, -0.05) is 0 Å². The molecule has 2 aromatic heterocycles. The standard InChI is InChI=1S/C10H13N5O5/c11-8-12-9-14(1-2-15(9)10(19)13-8)7-6(18)5(17)4(3-16)20-7/h1-2,4-7,16-18H,3H2,(H2,11,13,19)/t4-,5?,6?,7-/m1/s1. The summed E-state index contributed by atoms with van der Waals surface area (Å²) in [4.78, 5) is 19.0. The van der Waals surface area contributed by atoms with Crippen molar-refractivity contribution in [1.29, 1.82) is 0 Å². The van der Waals surface area contributed by atoms with Crippen LogP contribution in [0.1, 0.15) is 6.23 Å². The molecule has 0 aliphatic carbocycles. The van der Waals surface area contributed by atoms with E-state index in [0.29, 0.717) is 0 Å². The second-order valence-electron chi connectivity index (χ2n) is 4.47. The highest BCUT2D eigenvalue weighted by Gasteiger charge is 2.43. The number of rotatable bonds is 2. The van der Waals surface area contributed by atoms with E-state index < -0.39 is 36.8 Å². The van der Waals surface area contributed by atoms with Crippen LogP contribution in [0.25, 0.3) is 5.78 Å². The maximum atomic E-state index is 11.6. The van der Waals surface area contributed by atoms with Gasteiger partial charge in [-0.05, 0) is 0 Å². The molecule has 108 valence electrons. The largest absolute Gasteiger partial charge is 0.394 e. The molecule has 0 amide bonds. The minimum atomic E-state index is -1.27. The van der Waals surface area contributed by atoms with E-state index in [1.807, 2.05) is 0 Å². The minimum absolute atomic E-state index is 0.123. The number of aliphatic hydroxyl groups is 3. The number of ether oxygens (including phenoxy) is 1. The smallest absolute Gasteiger partial charge is 0.357 e. The summed E-state index contributed by atoms with van der Waals surface area (Å²) in [6, 6.07) is 0. The van der Waals surface area contributed by atoms with Crippen molar-refractivity contribution in [1.82, 2.24) is 18.9 Å². The topological polar surface area (TPSA) is 148 Å². The Kier molecular flexibility index (Phi) is 2.94. The van der Waals surface area contributed by atoms with Crippen LogP contribution in [0.3, 0.4) is 0 Å². The summed E-state index contributed by atoms with van der Waals surface area (Å²) in [5.74, 6) is -0.0842. The van der Waals surface area contributed by atoms with Crippen molar-refractivity contribution < 1.29 is 20.1 Å². The quantitative estimate of drug-likeness (QED) is 0.458. The highest BCUT2D eigenvalue weighted by atomic mass is 16.6. The zero-order valence-corrected chi connectivity index (χ0v) is 10.2. The SMILES string of the molecule is Nc1nc(=O)n2ccn([C@@H]3O[C@H](CO)C(O)C3O)c2n1. The Morgan fingerprint density at radius 3 is 2.70 bits per heavy atom. The summed E-state index contributed by atoms with van der Waals surface area (Å²) >= 11 is 0. The zero-order chi connectivity index (χ0) is 14.4. The normalized spacial score (nSPS) is 30.1. The van der Waals surface area contributed by atoms with Crippen LogP contribution in [0.2, 0.25) is 0 Å². The first-order chi connectivity index (χ1) is 9.52. The van der Waals surface area contributed by atoms with E-state index in [2.05, 4.69) is 9.97 Å². The fourth-order valence-corrected chi connectivity index (χ4v) is 2.24. The summed E-state index contributed by atoms with van der Waals surface area (Å²) in [6.45, 7) is -0.439. The molecule has 0 spiro atoms. The van der Waals surface area contributed by atoms with Crippen molar-refractivity contribution in [2.75, 3.05) is 12.3 Å². The molecular formula is C10H13N5O5. The third kappa shape index (κ3) is 1.78. The average molecular weight is 283 g/mol. The first-order valence-corrected chi connectivity index (χ1v) is 5.88. The van der Waals surface area contributed by atoms with Crippen molar-refractivity contribution in [3.05, 3.63) is 22.9 Å². The number of aliphatic hydroxyl groups excluding tert-OH is 3. The monoisotopic (exact) mass is 283 g/mol. The molecule has 1 aliphatic rings. The first-order valence-electron chi connectivity index (χ1n) is 5.88. The van der Waals surface area contributed by atoms with Gasteiger partial charge in [0.05, 0.1) is 6.61 Å². The molecule has 3 rings (SSSR count). The second kappa shape index (κ2) is 4.52. The Morgan fingerprint density at radius 1 is 1.30 bits per heavy atom. The molecule has 4 atom stereocenters. The van der Waals surface area contributed by atoms with Crippen LogP contribution in [-0.4, -0.2) is 59.2 Å². The van der Waals surface area contributed by atoms with Crippen molar-refractivity contribution >= 4 is 11.7 Å². The first kappa shape index (κ1) is 13.0. The van der Waals surface area contributed by atoms with E-state index in [0.717, 1.165) is 4.40 Å². The Morgan fingerprint density at radius 2 is 2.05 bits per heavy atom. The number of hydrogen-bond acceptors (Lipinski definition) is 8. The Balaban J connectivity index is 2.09. The molecule has 20 heavy (non-hydrogen) atoms. The Labute approximate surface area is 111 Å². The Bertz CT molecular complexity index is 697. The van der Waals surface area contributed by atoms with Crippen molar-refractivity contribution in [2.24, 2.45) is 0 Å². The van der Waals surface area contributed by atoms with Gasteiger partial charge in [-0.15, -0.1) is 0 Å². The number of fused-ring (bicyclic) bond motifs is 1. The van der Waals surface area contributed by atoms with Crippen LogP contribution < -0.4 is 11.4 Å². The maximum absolute atomic E-state index is 11.6. The molecule has 10 heteroatoms. The number of nitrogen functional groups attached to an aromatic ring is 1. The minimum Gasteiger partial charge on any atom is -0.394 e. The average Bonchev–Trinajstić information content (AvgIpc) is 2.93. The van der Waals surface area contributed by atoms with Gasteiger partial charge in [0.15, 0.2) is 6.23 Å². The van der Waals surface area contributed by atoms with Gasteiger partial charge in [0.1, 0.15) is 18.3 Å². The lowest BCUT2D eigenvalue weighted by molar-refractivity contribution is -0.0510.